The molecule has 0 saturated heterocycles. The molecule has 0 radical (unpaired) electrons. The predicted octanol–water partition coefficient (Wildman–Crippen LogP) is 5.40. The number of amides is 1. The normalized spacial score (nSPS) is 11.1. The number of hydrogen-bond acceptors (Lipinski definition) is 6. The second-order valence-electron chi connectivity index (χ2n) is 7.39. The largest absolute Gasteiger partial charge is 0.457 e. The first-order valence-corrected chi connectivity index (χ1v) is 10.6. The maximum absolute atomic E-state index is 13.6. The zero-order chi connectivity index (χ0) is 24.7. The highest BCUT2D eigenvalue weighted by atomic mass is 19.4. The summed E-state index contributed by atoms with van der Waals surface area (Å²) in [6.07, 6.45) is 1.53. The number of benzene rings is 2. The van der Waals surface area contributed by atoms with E-state index in [1.807, 2.05) is 6.07 Å². The molecule has 1 amide bonds. The molecule has 2 N–H and O–H groups in total. The molecule has 0 aliphatic carbocycles. The summed E-state index contributed by atoms with van der Waals surface area (Å²) in [7, 11) is 0. The SMILES string of the molecule is O=C(NCCc1ccc(C(F)(F)F)c(Oc2ccc(Nc3ccccn3)cc2)c1)c1cnccn1. The molecule has 4 rings (SSSR count). The third-order valence-electron chi connectivity index (χ3n) is 4.87. The summed E-state index contributed by atoms with van der Waals surface area (Å²) in [6.45, 7) is 0.202. The van der Waals surface area contributed by atoms with Crippen LogP contribution in [0.1, 0.15) is 21.6 Å². The molecule has 0 bridgehead atoms. The van der Waals surface area contributed by atoms with Gasteiger partial charge in [-0.15, -0.1) is 0 Å². The number of alkyl halides is 3. The van der Waals surface area contributed by atoms with Gasteiger partial charge in [0.2, 0.25) is 0 Å². The van der Waals surface area contributed by atoms with Crippen LogP contribution in [0.15, 0.2) is 85.5 Å². The number of carbonyl (C=O) groups excluding carboxylic acids is 1. The van der Waals surface area contributed by atoms with E-state index in [-0.39, 0.29) is 23.7 Å². The van der Waals surface area contributed by atoms with Crippen molar-refractivity contribution in [2.75, 3.05) is 11.9 Å². The van der Waals surface area contributed by atoms with Gasteiger partial charge in [-0.2, -0.15) is 13.2 Å². The van der Waals surface area contributed by atoms with E-state index in [1.165, 1.54) is 30.7 Å². The summed E-state index contributed by atoms with van der Waals surface area (Å²) in [6, 6.07) is 15.6. The minimum Gasteiger partial charge on any atom is -0.457 e. The smallest absolute Gasteiger partial charge is 0.419 e. The number of rotatable bonds is 8. The minimum absolute atomic E-state index is 0.157. The Labute approximate surface area is 199 Å². The lowest BCUT2D eigenvalue weighted by Crippen LogP contribution is -2.26. The Morgan fingerprint density at radius 2 is 1.77 bits per heavy atom. The highest BCUT2D eigenvalue weighted by Gasteiger charge is 2.34. The number of nitrogens with one attached hydrogen (secondary N) is 2. The Morgan fingerprint density at radius 3 is 2.46 bits per heavy atom. The molecule has 0 unspecified atom stereocenters. The van der Waals surface area contributed by atoms with Crippen LogP contribution in [0, 0.1) is 0 Å². The lowest BCUT2D eigenvalue weighted by Gasteiger charge is -2.16. The fourth-order valence-electron chi connectivity index (χ4n) is 3.19. The third-order valence-corrected chi connectivity index (χ3v) is 4.87. The second-order valence-corrected chi connectivity index (χ2v) is 7.39. The zero-order valence-electron chi connectivity index (χ0n) is 18.3. The van der Waals surface area contributed by atoms with Crippen molar-refractivity contribution < 1.29 is 22.7 Å². The van der Waals surface area contributed by atoms with Gasteiger partial charge < -0.3 is 15.4 Å². The van der Waals surface area contributed by atoms with Crippen LogP contribution >= 0.6 is 0 Å². The van der Waals surface area contributed by atoms with Gasteiger partial charge in [0.25, 0.3) is 5.91 Å². The van der Waals surface area contributed by atoms with E-state index >= 15 is 0 Å². The molecule has 0 fully saturated rings. The van der Waals surface area contributed by atoms with Gasteiger partial charge in [0.1, 0.15) is 23.0 Å². The molecule has 2 heterocycles. The number of nitrogens with zero attached hydrogens (tertiary/aromatic N) is 3. The molecular weight excluding hydrogens is 459 g/mol. The Hall–Kier alpha value is -4.47. The van der Waals surface area contributed by atoms with Gasteiger partial charge >= 0.3 is 6.18 Å². The van der Waals surface area contributed by atoms with Crippen LogP contribution in [0.5, 0.6) is 11.5 Å². The molecule has 0 saturated carbocycles. The van der Waals surface area contributed by atoms with Crippen LogP contribution in [0.4, 0.5) is 24.7 Å². The van der Waals surface area contributed by atoms with E-state index < -0.39 is 17.6 Å². The highest BCUT2D eigenvalue weighted by molar-refractivity contribution is 5.91. The average molecular weight is 479 g/mol. The number of ether oxygens (including phenoxy) is 1. The standard InChI is InChI=1S/C25H20F3N5O2/c26-25(27,28)20-9-4-17(10-12-32-24(34)21-16-29-13-14-30-21)15-22(20)35-19-7-5-18(6-8-19)33-23-3-1-2-11-31-23/h1-9,11,13-16H,10,12H2,(H,31,33)(H,32,34). The summed E-state index contributed by atoms with van der Waals surface area (Å²) in [4.78, 5) is 24.0. The van der Waals surface area contributed by atoms with Crippen molar-refractivity contribution >= 4 is 17.4 Å². The molecule has 10 heteroatoms. The van der Waals surface area contributed by atoms with Crippen molar-refractivity contribution in [1.82, 2.24) is 20.3 Å². The minimum atomic E-state index is -4.59. The van der Waals surface area contributed by atoms with Crippen LogP contribution in [-0.2, 0) is 12.6 Å². The quantitative estimate of drug-likeness (QED) is 0.352. The number of aromatic nitrogens is 3. The summed E-state index contributed by atoms with van der Waals surface area (Å²) >= 11 is 0. The van der Waals surface area contributed by atoms with Gasteiger partial charge in [-0.3, -0.25) is 9.78 Å². The molecule has 2 aromatic carbocycles. The molecule has 35 heavy (non-hydrogen) atoms. The van der Waals surface area contributed by atoms with Crippen molar-refractivity contribution in [1.29, 1.82) is 0 Å². The summed E-state index contributed by atoms with van der Waals surface area (Å²) in [5, 5.41) is 5.77. The first-order chi connectivity index (χ1) is 16.9. The molecule has 0 atom stereocenters. The van der Waals surface area contributed by atoms with Crippen LogP contribution in [-0.4, -0.2) is 27.4 Å². The van der Waals surface area contributed by atoms with Crippen molar-refractivity contribution in [3.63, 3.8) is 0 Å². The lowest BCUT2D eigenvalue weighted by atomic mass is 10.1. The van der Waals surface area contributed by atoms with E-state index in [2.05, 4.69) is 25.6 Å². The molecule has 178 valence electrons. The van der Waals surface area contributed by atoms with Crippen molar-refractivity contribution in [2.24, 2.45) is 0 Å². The van der Waals surface area contributed by atoms with Crippen LogP contribution in [0.3, 0.4) is 0 Å². The van der Waals surface area contributed by atoms with Crippen molar-refractivity contribution in [3.05, 3.63) is 102 Å². The maximum Gasteiger partial charge on any atom is 0.419 e. The third kappa shape index (κ3) is 6.53. The topological polar surface area (TPSA) is 89.0 Å². The molecule has 0 aliphatic rings. The van der Waals surface area contributed by atoms with Crippen molar-refractivity contribution in [3.8, 4) is 11.5 Å². The molecule has 7 nitrogen and oxygen atoms in total. The monoisotopic (exact) mass is 479 g/mol. The Balaban J connectivity index is 1.44. The number of anilines is 2. The zero-order valence-corrected chi connectivity index (χ0v) is 18.3. The van der Waals surface area contributed by atoms with Gasteiger partial charge in [-0.05, 0) is 60.5 Å². The Morgan fingerprint density at radius 1 is 0.943 bits per heavy atom. The Kier molecular flexibility index (Phi) is 7.20. The maximum atomic E-state index is 13.6. The first-order valence-electron chi connectivity index (χ1n) is 10.6. The summed E-state index contributed by atoms with van der Waals surface area (Å²) < 4.78 is 46.3. The van der Waals surface area contributed by atoms with Gasteiger partial charge in [0.05, 0.1) is 11.8 Å². The number of hydrogen-bond donors (Lipinski definition) is 2. The lowest BCUT2D eigenvalue weighted by molar-refractivity contribution is -0.138. The van der Waals surface area contributed by atoms with E-state index in [0.717, 1.165) is 6.07 Å². The average Bonchev–Trinajstić information content (AvgIpc) is 2.86. The van der Waals surface area contributed by atoms with E-state index in [1.54, 1.807) is 42.6 Å². The molecule has 2 aromatic heterocycles. The fraction of sp³-hybridized carbons (Fsp3) is 0.120. The highest BCUT2D eigenvalue weighted by Crippen LogP contribution is 2.39. The summed E-state index contributed by atoms with van der Waals surface area (Å²) in [5.41, 5.74) is 0.547. The van der Waals surface area contributed by atoms with Gasteiger partial charge in [0, 0.05) is 30.8 Å². The molecule has 4 aromatic rings. The van der Waals surface area contributed by atoms with Gasteiger partial charge in [0.15, 0.2) is 0 Å². The van der Waals surface area contributed by atoms with Crippen LogP contribution in [0.2, 0.25) is 0 Å². The van der Waals surface area contributed by atoms with E-state index in [9.17, 15) is 18.0 Å². The number of pyridine rings is 1. The van der Waals surface area contributed by atoms with E-state index in [0.29, 0.717) is 23.5 Å². The van der Waals surface area contributed by atoms with Crippen LogP contribution < -0.4 is 15.4 Å². The first kappa shape index (κ1) is 23.7. The van der Waals surface area contributed by atoms with Crippen LogP contribution in [0.25, 0.3) is 0 Å². The van der Waals surface area contributed by atoms with Gasteiger partial charge in [-0.1, -0.05) is 12.1 Å². The van der Waals surface area contributed by atoms with E-state index in [4.69, 9.17) is 4.74 Å². The predicted molar refractivity (Wildman–Crippen MR) is 124 cm³/mol. The molecular formula is C25H20F3N5O2. The Bertz CT molecular complexity index is 1270. The summed E-state index contributed by atoms with van der Waals surface area (Å²) in [5.74, 6) is 0.149. The van der Waals surface area contributed by atoms with Gasteiger partial charge in [-0.25, -0.2) is 9.97 Å². The molecule has 0 spiro atoms. The fourth-order valence-corrected chi connectivity index (χ4v) is 3.19. The number of halogens is 3. The molecule has 0 aliphatic heterocycles. The number of carbonyl (C=O) groups is 1. The second kappa shape index (κ2) is 10.6. The van der Waals surface area contributed by atoms with Crippen molar-refractivity contribution in [2.45, 2.75) is 12.6 Å².